The number of nitrogens with zero attached hydrogens (tertiary/aromatic N) is 2. The molecule has 160 valence electrons. The fraction of sp³-hybridized carbons (Fsp3) is 0.400. The zero-order chi connectivity index (χ0) is 22.2. The molecule has 0 radical (unpaired) electrons. The predicted molar refractivity (Wildman–Crippen MR) is 123 cm³/mol. The Bertz CT molecular complexity index is 1150. The second-order valence-corrected chi connectivity index (χ2v) is 10.5. The summed E-state index contributed by atoms with van der Waals surface area (Å²) in [5, 5.41) is 22.7. The van der Waals surface area contributed by atoms with Gasteiger partial charge >= 0.3 is 0 Å². The molecular weight excluding hydrogens is 406 g/mol. The number of thiophene rings is 1. The normalized spacial score (nSPS) is 17.0. The number of rotatable bonds is 4. The lowest BCUT2D eigenvalue weighted by Crippen LogP contribution is -2.34. The van der Waals surface area contributed by atoms with Crippen LogP contribution in [0.5, 0.6) is 5.75 Å². The number of amides is 1. The summed E-state index contributed by atoms with van der Waals surface area (Å²) >= 11 is 1.38. The van der Waals surface area contributed by atoms with E-state index in [1.165, 1.54) is 16.9 Å². The first-order valence-corrected chi connectivity index (χ1v) is 11.5. The van der Waals surface area contributed by atoms with E-state index >= 15 is 0 Å². The smallest absolute Gasteiger partial charge is 0.262 e. The molecule has 2 N–H and O–H groups in total. The second kappa shape index (κ2) is 8.32. The van der Waals surface area contributed by atoms with Crippen LogP contribution in [-0.4, -0.2) is 22.0 Å². The van der Waals surface area contributed by atoms with Crippen LogP contribution in [0.4, 0.5) is 0 Å². The van der Waals surface area contributed by atoms with Gasteiger partial charge in [-0.1, -0.05) is 32.9 Å². The lowest BCUT2D eigenvalue weighted by Gasteiger charge is -2.34. The molecule has 0 aliphatic heterocycles. The SMILES string of the molecule is CC(C)(C)C1CCc2nc3sc(C(=O)N[C@H](C#N)Cc4ccc(O)cc4)cc3cc2C1. The van der Waals surface area contributed by atoms with Crippen molar-refractivity contribution in [1.29, 1.82) is 5.26 Å². The van der Waals surface area contributed by atoms with E-state index in [9.17, 15) is 15.2 Å². The van der Waals surface area contributed by atoms with Crippen LogP contribution in [0.15, 0.2) is 36.4 Å². The van der Waals surface area contributed by atoms with E-state index in [0.717, 1.165) is 40.7 Å². The molecule has 4 rings (SSSR count). The molecular formula is C25H27N3O2S. The fourth-order valence-corrected chi connectivity index (χ4v) is 5.14. The van der Waals surface area contributed by atoms with Gasteiger partial charge in [0.25, 0.3) is 5.91 Å². The van der Waals surface area contributed by atoms with Gasteiger partial charge in [0.05, 0.1) is 10.9 Å². The molecule has 1 aliphatic rings. The maximum Gasteiger partial charge on any atom is 0.262 e. The van der Waals surface area contributed by atoms with Gasteiger partial charge in [-0.05, 0) is 66.0 Å². The van der Waals surface area contributed by atoms with Gasteiger partial charge in [-0.15, -0.1) is 11.3 Å². The van der Waals surface area contributed by atoms with Crippen LogP contribution < -0.4 is 5.32 Å². The van der Waals surface area contributed by atoms with Gasteiger partial charge in [0.2, 0.25) is 0 Å². The summed E-state index contributed by atoms with van der Waals surface area (Å²) in [4.78, 5) is 19.1. The number of fused-ring (bicyclic) bond motifs is 2. The fourth-order valence-electron chi connectivity index (χ4n) is 4.20. The van der Waals surface area contributed by atoms with Gasteiger partial charge in [-0.25, -0.2) is 4.98 Å². The molecule has 3 aromatic rings. The molecule has 31 heavy (non-hydrogen) atoms. The Kier molecular flexibility index (Phi) is 5.72. The quantitative estimate of drug-likeness (QED) is 0.605. The average molecular weight is 434 g/mol. The molecule has 2 atom stereocenters. The van der Waals surface area contributed by atoms with E-state index in [-0.39, 0.29) is 17.1 Å². The maximum atomic E-state index is 12.8. The zero-order valence-corrected chi connectivity index (χ0v) is 18.9. The summed E-state index contributed by atoms with van der Waals surface area (Å²) in [6.07, 6.45) is 3.54. The van der Waals surface area contributed by atoms with Gasteiger partial charge < -0.3 is 10.4 Å². The number of hydrogen-bond donors (Lipinski definition) is 2. The van der Waals surface area contributed by atoms with Crippen molar-refractivity contribution in [3.8, 4) is 11.8 Å². The summed E-state index contributed by atoms with van der Waals surface area (Å²) in [6.45, 7) is 6.89. The number of phenols is 1. The van der Waals surface area contributed by atoms with Crippen LogP contribution in [-0.2, 0) is 19.3 Å². The highest BCUT2D eigenvalue weighted by Crippen LogP contribution is 2.38. The molecule has 5 nitrogen and oxygen atoms in total. The molecule has 1 unspecified atom stereocenters. The summed E-state index contributed by atoms with van der Waals surface area (Å²) in [7, 11) is 0. The number of pyridine rings is 1. The number of nitriles is 1. The van der Waals surface area contributed by atoms with Crippen molar-refractivity contribution in [2.24, 2.45) is 11.3 Å². The van der Waals surface area contributed by atoms with E-state index in [0.29, 0.717) is 17.2 Å². The molecule has 1 aliphatic carbocycles. The van der Waals surface area contributed by atoms with Crippen molar-refractivity contribution in [1.82, 2.24) is 10.3 Å². The molecule has 2 heterocycles. The van der Waals surface area contributed by atoms with E-state index in [1.54, 1.807) is 24.3 Å². The number of nitrogens with one attached hydrogen (secondary N) is 1. The monoisotopic (exact) mass is 433 g/mol. The van der Waals surface area contributed by atoms with Crippen LogP contribution in [0.2, 0.25) is 0 Å². The number of phenolic OH excluding ortho intramolecular Hbond substituents is 1. The molecule has 1 aromatic carbocycles. The summed E-state index contributed by atoms with van der Waals surface area (Å²) in [5.74, 6) is 0.561. The van der Waals surface area contributed by atoms with Crippen LogP contribution in [0.25, 0.3) is 10.2 Å². The minimum Gasteiger partial charge on any atom is -0.508 e. The Morgan fingerprint density at radius 2 is 2.06 bits per heavy atom. The number of aromatic nitrogens is 1. The number of carbonyl (C=O) groups excluding carboxylic acids is 1. The van der Waals surface area contributed by atoms with Crippen LogP contribution in [0, 0.1) is 22.7 Å². The van der Waals surface area contributed by atoms with Crippen LogP contribution >= 0.6 is 11.3 Å². The van der Waals surface area contributed by atoms with Gasteiger partial charge in [-0.3, -0.25) is 4.79 Å². The minimum atomic E-state index is -0.643. The molecule has 0 saturated carbocycles. The summed E-state index contributed by atoms with van der Waals surface area (Å²) < 4.78 is 0. The average Bonchev–Trinajstić information content (AvgIpc) is 3.15. The Balaban J connectivity index is 1.51. The maximum absolute atomic E-state index is 12.8. The molecule has 1 amide bonds. The Morgan fingerprint density at radius 3 is 2.74 bits per heavy atom. The van der Waals surface area contributed by atoms with Crippen molar-refractivity contribution in [3.05, 3.63) is 58.1 Å². The van der Waals surface area contributed by atoms with Crippen molar-refractivity contribution in [2.45, 2.75) is 52.5 Å². The third kappa shape index (κ3) is 4.72. The number of benzene rings is 1. The van der Waals surface area contributed by atoms with Crippen molar-refractivity contribution < 1.29 is 9.90 Å². The van der Waals surface area contributed by atoms with Crippen LogP contribution in [0.1, 0.15) is 53.7 Å². The third-order valence-electron chi connectivity index (χ3n) is 6.16. The number of aryl methyl sites for hydroxylation is 1. The Labute approximate surface area is 186 Å². The minimum absolute atomic E-state index is 0.176. The van der Waals surface area contributed by atoms with Crippen molar-refractivity contribution >= 4 is 27.5 Å². The van der Waals surface area contributed by atoms with E-state index in [2.05, 4.69) is 38.2 Å². The first kappa shape index (κ1) is 21.3. The standard InChI is InChI=1S/C25H27N3O2S/c1-25(2,3)18-6-9-21-16(12-18)11-17-13-22(31-24(17)28-21)23(30)27-19(14-26)10-15-4-7-20(29)8-5-15/h4-5,7-8,11,13,18-19,29H,6,9-10,12H2,1-3H3,(H,27,30)/t18?,19-/m0/s1. The number of carbonyl (C=O) groups is 1. The van der Waals surface area contributed by atoms with Crippen molar-refractivity contribution in [2.75, 3.05) is 0 Å². The first-order chi connectivity index (χ1) is 14.7. The lowest BCUT2D eigenvalue weighted by molar-refractivity contribution is 0.0949. The van der Waals surface area contributed by atoms with Crippen LogP contribution in [0.3, 0.4) is 0 Å². The highest BCUT2D eigenvalue weighted by atomic mass is 32.1. The zero-order valence-electron chi connectivity index (χ0n) is 18.1. The number of aromatic hydroxyl groups is 1. The summed E-state index contributed by atoms with van der Waals surface area (Å²) in [5.41, 5.74) is 3.61. The largest absolute Gasteiger partial charge is 0.508 e. The molecule has 6 heteroatoms. The molecule has 0 saturated heterocycles. The lowest BCUT2D eigenvalue weighted by atomic mass is 9.71. The summed E-state index contributed by atoms with van der Waals surface area (Å²) in [6, 6.07) is 12.3. The third-order valence-corrected chi connectivity index (χ3v) is 7.20. The van der Waals surface area contributed by atoms with Gasteiger partial charge in [-0.2, -0.15) is 5.26 Å². The van der Waals surface area contributed by atoms with E-state index < -0.39 is 6.04 Å². The highest BCUT2D eigenvalue weighted by molar-refractivity contribution is 7.20. The number of hydrogen-bond acceptors (Lipinski definition) is 5. The van der Waals surface area contributed by atoms with Crippen molar-refractivity contribution in [3.63, 3.8) is 0 Å². The predicted octanol–water partition coefficient (Wildman–Crippen LogP) is 5.02. The molecule has 0 fully saturated rings. The first-order valence-electron chi connectivity index (χ1n) is 10.6. The molecule has 2 aromatic heterocycles. The highest BCUT2D eigenvalue weighted by Gasteiger charge is 2.29. The molecule has 0 bridgehead atoms. The Morgan fingerprint density at radius 1 is 1.32 bits per heavy atom. The van der Waals surface area contributed by atoms with E-state index in [1.807, 2.05) is 6.07 Å². The van der Waals surface area contributed by atoms with Gasteiger partial charge in [0, 0.05) is 17.5 Å². The van der Waals surface area contributed by atoms with Gasteiger partial charge in [0.15, 0.2) is 0 Å². The van der Waals surface area contributed by atoms with Gasteiger partial charge in [0.1, 0.15) is 16.6 Å². The second-order valence-electron chi connectivity index (χ2n) is 9.43. The van der Waals surface area contributed by atoms with E-state index in [4.69, 9.17) is 4.98 Å². The molecule has 0 spiro atoms. The Hall–Kier alpha value is -2.91. The topological polar surface area (TPSA) is 86.0 Å².